The van der Waals surface area contributed by atoms with E-state index in [0.717, 1.165) is 39.3 Å². The van der Waals surface area contributed by atoms with Crippen LogP contribution in [0.2, 0.25) is 0 Å². The van der Waals surface area contributed by atoms with E-state index in [9.17, 15) is 4.79 Å². The summed E-state index contributed by atoms with van der Waals surface area (Å²) >= 11 is 8.42. The summed E-state index contributed by atoms with van der Waals surface area (Å²) in [4.78, 5) is 16.8. The first-order chi connectivity index (χ1) is 8.52. The number of carbonyl (C=O) groups is 1. The Hall–Kier alpha value is 0.0900. The molecule has 18 heavy (non-hydrogen) atoms. The van der Waals surface area contributed by atoms with Gasteiger partial charge in [0.2, 0.25) is 0 Å². The molecule has 0 spiro atoms. The number of halogens is 2. The van der Waals surface area contributed by atoms with Gasteiger partial charge in [-0.3, -0.25) is 9.69 Å². The van der Waals surface area contributed by atoms with Crippen molar-refractivity contribution in [2.75, 3.05) is 26.2 Å². The second-order valence-corrected chi connectivity index (χ2v) is 8.22. The Morgan fingerprint density at radius 1 is 1.50 bits per heavy atom. The van der Waals surface area contributed by atoms with Crippen molar-refractivity contribution in [2.45, 2.75) is 19.9 Å². The first-order valence-electron chi connectivity index (χ1n) is 6.01. The van der Waals surface area contributed by atoms with E-state index in [4.69, 9.17) is 0 Å². The molecule has 100 valence electrons. The average molecular weight is 396 g/mol. The zero-order chi connectivity index (χ0) is 13.3. The number of piperazine rings is 1. The summed E-state index contributed by atoms with van der Waals surface area (Å²) in [6.07, 6.45) is 0. The first kappa shape index (κ1) is 14.5. The fourth-order valence-corrected chi connectivity index (χ4v) is 5.08. The fraction of sp³-hybridized carbons (Fsp3) is 0.583. The molecular formula is C12H16Br2N2OS. The van der Waals surface area contributed by atoms with Crippen molar-refractivity contribution in [1.29, 1.82) is 0 Å². The molecule has 1 amide bonds. The molecule has 0 aliphatic carbocycles. The summed E-state index contributed by atoms with van der Waals surface area (Å²) in [7, 11) is 0. The topological polar surface area (TPSA) is 23.6 Å². The number of nitrogens with zero attached hydrogens (tertiary/aromatic N) is 2. The molecule has 1 atom stereocenters. The van der Waals surface area contributed by atoms with Crippen LogP contribution in [0.4, 0.5) is 0 Å². The number of carbonyl (C=O) groups excluding carboxylic acids is 1. The van der Waals surface area contributed by atoms with E-state index in [-0.39, 0.29) is 5.91 Å². The SMILES string of the molecule is CCN1CCN(C(=O)c2cc(Br)sc2Br)CC1C. The van der Waals surface area contributed by atoms with Gasteiger partial charge in [-0.05, 0) is 51.4 Å². The maximum Gasteiger partial charge on any atom is 0.256 e. The van der Waals surface area contributed by atoms with Crippen molar-refractivity contribution in [3.05, 3.63) is 19.2 Å². The Balaban J connectivity index is 2.09. The summed E-state index contributed by atoms with van der Waals surface area (Å²) < 4.78 is 1.89. The van der Waals surface area contributed by atoms with E-state index in [2.05, 4.69) is 50.6 Å². The van der Waals surface area contributed by atoms with Gasteiger partial charge in [-0.1, -0.05) is 6.92 Å². The monoisotopic (exact) mass is 394 g/mol. The molecule has 1 saturated heterocycles. The predicted molar refractivity (Wildman–Crippen MR) is 82.3 cm³/mol. The fourth-order valence-electron chi connectivity index (χ4n) is 2.31. The summed E-state index contributed by atoms with van der Waals surface area (Å²) in [5.41, 5.74) is 0.768. The third kappa shape index (κ3) is 2.98. The minimum Gasteiger partial charge on any atom is -0.336 e. The van der Waals surface area contributed by atoms with Gasteiger partial charge in [0.1, 0.15) is 0 Å². The molecule has 0 saturated carbocycles. The summed E-state index contributed by atoms with van der Waals surface area (Å²) in [5, 5.41) is 0. The number of amides is 1. The van der Waals surface area contributed by atoms with Crippen LogP contribution in [-0.2, 0) is 0 Å². The minimum atomic E-state index is 0.131. The van der Waals surface area contributed by atoms with Crippen LogP contribution in [0, 0.1) is 0 Å². The molecule has 0 radical (unpaired) electrons. The molecular weight excluding hydrogens is 380 g/mol. The third-order valence-electron chi connectivity index (χ3n) is 3.35. The Labute approximate surface area is 128 Å². The number of hydrogen-bond donors (Lipinski definition) is 0. The van der Waals surface area contributed by atoms with Gasteiger partial charge < -0.3 is 4.90 Å². The predicted octanol–water partition coefficient (Wildman–Crippen LogP) is 3.44. The maximum absolute atomic E-state index is 12.4. The Morgan fingerprint density at radius 3 is 2.72 bits per heavy atom. The van der Waals surface area contributed by atoms with E-state index >= 15 is 0 Å². The molecule has 6 heteroatoms. The third-order valence-corrected chi connectivity index (χ3v) is 5.68. The molecule has 1 aliphatic heterocycles. The van der Waals surface area contributed by atoms with Crippen LogP contribution in [0.5, 0.6) is 0 Å². The van der Waals surface area contributed by atoms with Crippen molar-refractivity contribution >= 4 is 49.1 Å². The van der Waals surface area contributed by atoms with Crippen LogP contribution >= 0.6 is 43.2 Å². The van der Waals surface area contributed by atoms with Crippen molar-refractivity contribution in [1.82, 2.24) is 9.80 Å². The lowest BCUT2D eigenvalue weighted by atomic mass is 10.1. The van der Waals surface area contributed by atoms with Crippen molar-refractivity contribution < 1.29 is 4.79 Å². The number of hydrogen-bond acceptors (Lipinski definition) is 3. The zero-order valence-corrected chi connectivity index (χ0v) is 14.4. The molecule has 0 bridgehead atoms. The van der Waals surface area contributed by atoms with Crippen LogP contribution in [0.15, 0.2) is 13.6 Å². The van der Waals surface area contributed by atoms with Crippen molar-refractivity contribution in [2.24, 2.45) is 0 Å². The molecule has 1 aliphatic rings. The highest BCUT2D eigenvalue weighted by Gasteiger charge is 2.27. The summed E-state index contributed by atoms with van der Waals surface area (Å²) in [6, 6.07) is 2.34. The van der Waals surface area contributed by atoms with Gasteiger partial charge >= 0.3 is 0 Å². The van der Waals surface area contributed by atoms with E-state index in [1.165, 1.54) is 0 Å². The van der Waals surface area contributed by atoms with E-state index in [0.29, 0.717) is 6.04 Å². The number of thiophene rings is 1. The lowest BCUT2D eigenvalue weighted by molar-refractivity contribution is 0.0528. The van der Waals surface area contributed by atoms with Gasteiger partial charge in [-0.15, -0.1) is 11.3 Å². The second kappa shape index (κ2) is 6.03. The van der Waals surface area contributed by atoms with Gasteiger partial charge in [0, 0.05) is 25.7 Å². The molecule has 0 aromatic carbocycles. The summed E-state index contributed by atoms with van der Waals surface area (Å²) in [5.74, 6) is 0.131. The molecule has 3 nitrogen and oxygen atoms in total. The lowest BCUT2D eigenvalue weighted by Gasteiger charge is -2.39. The Morgan fingerprint density at radius 2 is 2.22 bits per heavy atom. The van der Waals surface area contributed by atoms with Gasteiger partial charge in [0.15, 0.2) is 0 Å². The molecule has 1 unspecified atom stereocenters. The van der Waals surface area contributed by atoms with Gasteiger partial charge in [0.05, 0.1) is 13.1 Å². The first-order valence-corrected chi connectivity index (χ1v) is 8.41. The lowest BCUT2D eigenvalue weighted by Crippen LogP contribution is -2.53. The van der Waals surface area contributed by atoms with Crippen molar-refractivity contribution in [3.8, 4) is 0 Å². The van der Waals surface area contributed by atoms with Crippen LogP contribution in [-0.4, -0.2) is 47.9 Å². The Kier molecular flexibility index (Phi) is 4.86. The highest BCUT2D eigenvalue weighted by molar-refractivity contribution is 9.12. The Bertz CT molecular complexity index is 449. The largest absolute Gasteiger partial charge is 0.336 e. The van der Waals surface area contributed by atoms with Crippen LogP contribution in [0.3, 0.4) is 0 Å². The number of rotatable bonds is 2. The second-order valence-electron chi connectivity index (χ2n) is 4.47. The molecule has 2 heterocycles. The van der Waals surface area contributed by atoms with E-state index in [1.807, 2.05) is 11.0 Å². The highest BCUT2D eigenvalue weighted by atomic mass is 79.9. The quantitative estimate of drug-likeness (QED) is 0.765. The molecule has 2 rings (SSSR count). The van der Waals surface area contributed by atoms with E-state index < -0.39 is 0 Å². The average Bonchev–Trinajstić information content (AvgIpc) is 2.67. The number of likely N-dealkylation sites (N-methyl/N-ethyl adjacent to an activating group) is 1. The van der Waals surface area contributed by atoms with Gasteiger partial charge in [-0.2, -0.15) is 0 Å². The van der Waals surface area contributed by atoms with Gasteiger partial charge in [0.25, 0.3) is 5.91 Å². The molecule has 1 aromatic heterocycles. The van der Waals surface area contributed by atoms with Crippen LogP contribution in [0.1, 0.15) is 24.2 Å². The van der Waals surface area contributed by atoms with E-state index in [1.54, 1.807) is 11.3 Å². The normalized spacial score (nSPS) is 21.3. The molecule has 0 N–H and O–H groups in total. The zero-order valence-electron chi connectivity index (χ0n) is 10.4. The van der Waals surface area contributed by atoms with Crippen LogP contribution < -0.4 is 0 Å². The summed E-state index contributed by atoms with van der Waals surface area (Å²) in [6.45, 7) is 7.99. The standard InChI is InChI=1S/C12H16Br2N2OS/c1-3-15-4-5-16(7-8(15)2)12(17)9-6-10(13)18-11(9)14/h6,8H,3-5,7H2,1-2H3. The minimum absolute atomic E-state index is 0.131. The smallest absolute Gasteiger partial charge is 0.256 e. The maximum atomic E-state index is 12.4. The molecule has 1 fully saturated rings. The highest BCUT2D eigenvalue weighted by Crippen LogP contribution is 2.32. The van der Waals surface area contributed by atoms with Gasteiger partial charge in [-0.25, -0.2) is 0 Å². The van der Waals surface area contributed by atoms with Crippen molar-refractivity contribution in [3.63, 3.8) is 0 Å². The van der Waals surface area contributed by atoms with Crippen LogP contribution in [0.25, 0.3) is 0 Å². The molecule has 1 aromatic rings.